The van der Waals surface area contributed by atoms with E-state index in [-0.39, 0.29) is 52.9 Å². The van der Waals surface area contributed by atoms with Crippen LogP contribution in [0.3, 0.4) is 0 Å². The SMILES string of the molecule is C1CCOC1.CN(C(=O)/N=C(/N)C=[C-]C(C)(C)C)C1CCN(c2cnc(N)c(C=N)c2)CC1.[Na+]. The fourth-order valence-corrected chi connectivity index (χ4v) is 3.46. The molecule has 0 aromatic carbocycles. The molecule has 0 atom stereocenters. The molecule has 10 heteroatoms. The maximum Gasteiger partial charge on any atom is 1.00 e. The second-order valence-electron chi connectivity index (χ2n) is 9.32. The van der Waals surface area contributed by atoms with Crippen LogP contribution in [0.15, 0.2) is 23.3 Å². The van der Waals surface area contributed by atoms with E-state index in [4.69, 9.17) is 21.6 Å². The van der Waals surface area contributed by atoms with Crippen molar-refractivity contribution in [3.8, 4) is 0 Å². The summed E-state index contributed by atoms with van der Waals surface area (Å²) < 4.78 is 4.94. The summed E-state index contributed by atoms with van der Waals surface area (Å²) in [6, 6.07) is 1.62. The summed E-state index contributed by atoms with van der Waals surface area (Å²) in [6.07, 6.45) is 11.8. The Morgan fingerprint density at radius 1 is 1.32 bits per heavy atom. The molecule has 2 aliphatic rings. The van der Waals surface area contributed by atoms with Gasteiger partial charge in [0.05, 0.1) is 11.9 Å². The van der Waals surface area contributed by atoms with Crippen LogP contribution >= 0.6 is 0 Å². The van der Waals surface area contributed by atoms with Crippen molar-refractivity contribution in [2.75, 3.05) is 44.0 Å². The second-order valence-corrected chi connectivity index (χ2v) is 9.32. The summed E-state index contributed by atoms with van der Waals surface area (Å²) in [6.45, 7) is 9.56. The van der Waals surface area contributed by atoms with Gasteiger partial charge in [0, 0.05) is 51.2 Å². The Morgan fingerprint density at radius 3 is 2.44 bits per heavy atom. The molecule has 2 aliphatic heterocycles. The third-order valence-electron chi connectivity index (χ3n) is 5.47. The number of allylic oxidation sites excluding steroid dienone is 1. The number of hydrogen-bond donors (Lipinski definition) is 3. The van der Waals surface area contributed by atoms with Crippen molar-refractivity contribution in [1.82, 2.24) is 9.88 Å². The number of aromatic nitrogens is 1. The van der Waals surface area contributed by atoms with Crippen LogP contribution in [0.4, 0.5) is 16.3 Å². The molecule has 0 bridgehead atoms. The molecular formula is C24H38N7NaO2. The molecule has 3 heterocycles. The Kier molecular flexibility index (Phi) is 12.8. The van der Waals surface area contributed by atoms with Gasteiger partial charge in [-0.25, -0.2) is 9.78 Å². The number of anilines is 2. The molecule has 2 amide bonds. The largest absolute Gasteiger partial charge is 1.00 e. The minimum Gasteiger partial charge on any atom is -0.460 e. The number of ether oxygens (including phenoxy) is 1. The number of hydrogen-bond acceptors (Lipinski definition) is 6. The van der Waals surface area contributed by atoms with Crippen molar-refractivity contribution in [3.05, 3.63) is 30.0 Å². The van der Waals surface area contributed by atoms with Gasteiger partial charge in [-0.2, -0.15) is 6.08 Å². The smallest absolute Gasteiger partial charge is 0.460 e. The van der Waals surface area contributed by atoms with Gasteiger partial charge in [0.15, 0.2) is 0 Å². The molecule has 0 saturated carbocycles. The molecule has 9 nitrogen and oxygen atoms in total. The summed E-state index contributed by atoms with van der Waals surface area (Å²) in [5.41, 5.74) is 13.0. The first-order valence-electron chi connectivity index (χ1n) is 11.4. The Hall–Kier alpha value is -1.94. The first-order valence-corrected chi connectivity index (χ1v) is 11.4. The number of pyridine rings is 1. The maximum absolute atomic E-state index is 12.4. The summed E-state index contributed by atoms with van der Waals surface area (Å²) in [7, 11) is 1.76. The van der Waals surface area contributed by atoms with E-state index in [2.05, 4.69) is 21.0 Å². The Balaban J connectivity index is 0.000000851. The number of nitrogens with zero attached hydrogens (tertiary/aromatic N) is 4. The van der Waals surface area contributed by atoms with E-state index in [0.29, 0.717) is 11.4 Å². The standard InChI is InChI=1S/C20H30N7O.C4H8O.Na/c1-20(2,3)8-5-17(22)25-19(28)26(4)15-6-9-27(10-7-15)16-11-14(12-21)18(23)24-13-16;1-2-4-5-3-1;/h5,11-13,15,21H,6-7,9-10H2,1-4H3,(H2,23,24)(H2,22,25,28);1-4H2;/q-1;;+1. The van der Waals surface area contributed by atoms with Gasteiger partial charge in [-0.3, -0.25) is 11.1 Å². The van der Waals surface area contributed by atoms with Gasteiger partial charge in [-0.05, 0) is 37.6 Å². The van der Waals surface area contributed by atoms with E-state index in [9.17, 15) is 4.79 Å². The summed E-state index contributed by atoms with van der Waals surface area (Å²) in [5.74, 6) is 0.517. The number of carbonyl (C=O) groups excluding carboxylic acids is 1. The van der Waals surface area contributed by atoms with Crippen molar-refractivity contribution in [2.24, 2.45) is 16.1 Å². The molecule has 1 aromatic rings. The number of piperidine rings is 1. The molecule has 182 valence electrons. The molecule has 0 aliphatic carbocycles. The van der Waals surface area contributed by atoms with Gasteiger partial charge in [-0.15, -0.1) is 0 Å². The van der Waals surface area contributed by atoms with Crippen LogP contribution in [-0.2, 0) is 4.74 Å². The first kappa shape index (κ1) is 30.1. The van der Waals surface area contributed by atoms with Crippen molar-refractivity contribution in [2.45, 2.75) is 52.5 Å². The van der Waals surface area contributed by atoms with Crippen molar-refractivity contribution in [3.63, 3.8) is 0 Å². The van der Waals surface area contributed by atoms with Crippen LogP contribution in [0.25, 0.3) is 0 Å². The average molecular weight is 480 g/mol. The van der Waals surface area contributed by atoms with Crippen molar-refractivity contribution in [1.29, 1.82) is 5.41 Å². The molecule has 5 N–H and O–H groups in total. The number of rotatable bonds is 4. The van der Waals surface area contributed by atoms with E-state index < -0.39 is 0 Å². The van der Waals surface area contributed by atoms with E-state index in [1.54, 1.807) is 24.2 Å². The van der Waals surface area contributed by atoms with Gasteiger partial charge < -0.3 is 31.4 Å². The second kappa shape index (κ2) is 14.5. The first-order chi connectivity index (χ1) is 15.6. The van der Waals surface area contributed by atoms with Crippen LogP contribution in [0, 0.1) is 16.9 Å². The van der Waals surface area contributed by atoms with Crippen LogP contribution in [0.2, 0.25) is 0 Å². The molecule has 0 unspecified atom stereocenters. The predicted octanol–water partition coefficient (Wildman–Crippen LogP) is 0.246. The average Bonchev–Trinajstić information content (AvgIpc) is 3.37. The molecule has 1 aromatic heterocycles. The number of urea groups is 1. The number of amidine groups is 1. The summed E-state index contributed by atoms with van der Waals surface area (Å²) >= 11 is 0. The minimum absolute atomic E-state index is 0. The molecule has 2 saturated heterocycles. The summed E-state index contributed by atoms with van der Waals surface area (Å²) in [5, 5.41) is 7.41. The normalized spacial score (nSPS) is 17.1. The monoisotopic (exact) mass is 479 g/mol. The van der Waals surface area contributed by atoms with Gasteiger partial charge in [-0.1, -0.05) is 26.2 Å². The fraction of sp³-hybridized carbons (Fsp3) is 0.583. The molecule has 0 radical (unpaired) electrons. The van der Waals surface area contributed by atoms with Gasteiger partial charge in [0.1, 0.15) is 5.82 Å². The maximum atomic E-state index is 12.4. The molecular weight excluding hydrogens is 441 g/mol. The Labute approximate surface area is 225 Å². The summed E-state index contributed by atoms with van der Waals surface area (Å²) in [4.78, 5) is 24.4. The van der Waals surface area contributed by atoms with E-state index in [1.165, 1.54) is 19.1 Å². The van der Waals surface area contributed by atoms with Gasteiger partial charge in [0.25, 0.3) is 0 Å². The Morgan fingerprint density at radius 2 is 1.94 bits per heavy atom. The van der Waals surface area contributed by atoms with Crippen LogP contribution < -0.4 is 45.9 Å². The molecule has 2 fully saturated rings. The van der Waals surface area contributed by atoms with Crippen LogP contribution in [0.5, 0.6) is 0 Å². The number of nitrogens with two attached hydrogens (primary N) is 2. The number of nitrogens with one attached hydrogen (secondary N) is 1. The van der Waals surface area contributed by atoms with Gasteiger partial charge in [0.2, 0.25) is 0 Å². The van der Waals surface area contributed by atoms with Crippen molar-refractivity contribution >= 4 is 29.6 Å². The Bertz CT molecular complexity index is 848. The minimum atomic E-state index is -0.344. The predicted molar refractivity (Wildman–Crippen MR) is 134 cm³/mol. The van der Waals surface area contributed by atoms with Crippen LogP contribution in [0.1, 0.15) is 52.0 Å². The number of amides is 2. The number of aliphatic imine (C=N–C) groups is 1. The van der Waals surface area contributed by atoms with Crippen molar-refractivity contribution < 1.29 is 39.1 Å². The zero-order chi connectivity index (χ0) is 24.4. The molecule has 0 spiro atoms. The third-order valence-corrected chi connectivity index (χ3v) is 5.47. The fourth-order valence-electron chi connectivity index (χ4n) is 3.46. The van der Waals surface area contributed by atoms with Crippen LogP contribution in [-0.4, -0.2) is 67.4 Å². The quantitative estimate of drug-likeness (QED) is 0.245. The zero-order valence-corrected chi connectivity index (χ0v) is 23.3. The molecule has 34 heavy (non-hydrogen) atoms. The van der Waals surface area contributed by atoms with E-state index in [1.807, 2.05) is 26.8 Å². The zero-order valence-electron chi connectivity index (χ0n) is 21.3. The number of nitrogen functional groups attached to an aromatic ring is 1. The number of carbonyl (C=O) groups is 1. The third kappa shape index (κ3) is 10.1. The topological polar surface area (TPSA) is 134 Å². The van der Waals surface area contributed by atoms with E-state index in [0.717, 1.165) is 44.8 Å². The molecule has 3 rings (SSSR count). The van der Waals surface area contributed by atoms with Gasteiger partial charge >= 0.3 is 35.6 Å². The van der Waals surface area contributed by atoms with E-state index >= 15 is 0 Å².